The Kier molecular flexibility index (Phi) is 5.21. The SMILES string of the molecule is Nc1c2c(-c3ccc(F)cc3)nc(NCCc3ccccc3)nc2nn1-c1ccccc1. The normalized spacial score (nSPS) is 11.0. The molecule has 3 N–H and O–H groups in total. The summed E-state index contributed by atoms with van der Waals surface area (Å²) in [7, 11) is 0. The van der Waals surface area contributed by atoms with Crippen LogP contribution in [0.3, 0.4) is 0 Å². The number of nitrogen functional groups attached to an aromatic ring is 1. The van der Waals surface area contributed by atoms with E-state index in [2.05, 4.69) is 27.5 Å². The van der Waals surface area contributed by atoms with Crippen LogP contribution in [0.1, 0.15) is 5.56 Å². The Bertz CT molecular complexity index is 1350. The molecule has 5 aromatic rings. The van der Waals surface area contributed by atoms with Gasteiger partial charge in [-0.15, -0.1) is 5.10 Å². The van der Waals surface area contributed by atoms with Crippen LogP contribution >= 0.6 is 0 Å². The summed E-state index contributed by atoms with van der Waals surface area (Å²) in [5, 5.41) is 8.56. The van der Waals surface area contributed by atoms with Crippen LogP contribution in [0.15, 0.2) is 84.9 Å². The van der Waals surface area contributed by atoms with Crippen LogP contribution in [0, 0.1) is 5.82 Å². The molecular formula is C25H21FN6. The summed E-state index contributed by atoms with van der Waals surface area (Å²) in [5.41, 5.74) is 10.4. The molecule has 0 saturated heterocycles. The number of benzene rings is 3. The van der Waals surface area contributed by atoms with Gasteiger partial charge >= 0.3 is 0 Å². The molecule has 0 fully saturated rings. The van der Waals surface area contributed by atoms with Crippen LogP contribution < -0.4 is 11.1 Å². The van der Waals surface area contributed by atoms with Crippen LogP contribution in [0.4, 0.5) is 16.2 Å². The van der Waals surface area contributed by atoms with Crippen molar-refractivity contribution in [1.82, 2.24) is 19.7 Å². The number of nitrogens with two attached hydrogens (primary N) is 1. The van der Waals surface area contributed by atoms with Crippen LogP contribution in [0.2, 0.25) is 0 Å². The largest absolute Gasteiger partial charge is 0.383 e. The Balaban J connectivity index is 1.57. The lowest BCUT2D eigenvalue weighted by Crippen LogP contribution is -2.08. The van der Waals surface area contributed by atoms with E-state index >= 15 is 0 Å². The molecule has 0 aliphatic heterocycles. The number of hydrogen-bond acceptors (Lipinski definition) is 5. The van der Waals surface area contributed by atoms with Gasteiger partial charge < -0.3 is 11.1 Å². The number of fused-ring (bicyclic) bond motifs is 1. The number of anilines is 2. The molecule has 2 heterocycles. The molecule has 0 amide bonds. The first-order valence-corrected chi connectivity index (χ1v) is 10.3. The predicted octanol–water partition coefficient (Wildman–Crippen LogP) is 4.86. The van der Waals surface area contributed by atoms with Gasteiger partial charge in [0.2, 0.25) is 5.95 Å². The third-order valence-corrected chi connectivity index (χ3v) is 5.23. The second-order valence-electron chi connectivity index (χ2n) is 7.40. The highest BCUT2D eigenvalue weighted by Crippen LogP contribution is 2.32. The van der Waals surface area contributed by atoms with E-state index in [1.807, 2.05) is 48.5 Å². The highest BCUT2D eigenvalue weighted by Gasteiger charge is 2.19. The quantitative estimate of drug-likeness (QED) is 0.407. The molecule has 0 bridgehead atoms. The first kappa shape index (κ1) is 19.7. The molecular weight excluding hydrogens is 403 g/mol. The maximum atomic E-state index is 13.5. The highest BCUT2D eigenvalue weighted by molar-refractivity contribution is 5.99. The van der Waals surface area contributed by atoms with E-state index in [1.54, 1.807) is 16.8 Å². The number of nitrogens with one attached hydrogen (secondary N) is 1. The Morgan fingerprint density at radius 1 is 0.844 bits per heavy atom. The maximum absolute atomic E-state index is 13.5. The third-order valence-electron chi connectivity index (χ3n) is 5.23. The summed E-state index contributed by atoms with van der Waals surface area (Å²) in [4.78, 5) is 9.33. The highest BCUT2D eigenvalue weighted by atomic mass is 19.1. The summed E-state index contributed by atoms with van der Waals surface area (Å²) in [5.74, 6) is 0.569. The smallest absolute Gasteiger partial charge is 0.225 e. The Labute approximate surface area is 184 Å². The van der Waals surface area contributed by atoms with Crippen LogP contribution in [-0.2, 0) is 6.42 Å². The molecule has 158 valence electrons. The zero-order chi connectivity index (χ0) is 21.9. The molecule has 0 aliphatic rings. The van der Waals surface area contributed by atoms with Gasteiger partial charge in [0.25, 0.3) is 0 Å². The van der Waals surface area contributed by atoms with Gasteiger partial charge in [0.05, 0.1) is 16.8 Å². The number of nitrogens with zero attached hydrogens (tertiary/aromatic N) is 4. The summed E-state index contributed by atoms with van der Waals surface area (Å²) in [6.45, 7) is 0.660. The van der Waals surface area contributed by atoms with Gasteiger partial charge in [0, 0.05) is 12.1 Å². The molecule has 0 spiro atoms. The van der Waals surface area contributed by atoms with Gasteiger partial charge in [-0.3, -0.25) is 0 Å². The maximum Gasteiger partial charge on any atom is 0.225 e. The second kappa shape index (κ2) is 8.47. The van der Waals surface area contributed by atoms with Crippen molar-refractivity contribution in [2.75, 3.05) is 17.6 Å². The Morgan fingerprint density at radius 2 is 1.53 bits per heavy atom. The fraction of sp³-hybridized carbons (Fsp3) is 0.0800. The van der Waals surface area contributed by atoms with E-state index in [0.717, 1.165) is 17.7 Å². The first-order chi connectivity index (χ1) is 15.7. The summed E-state index contributed by atoms with van der Waals surface area (Å²) in [6.07, 6.45) is 0.828. The standard InChI is InChI=1S/C25H21FN6/c26-19-13-11-18(12-14-19)22-21-23(27)32(20-9-5-2-6-10-20)31-24(21)30-25(29-22)28-16-15-17-7-3-1-4-8-17/h1-14H,15-16,27H2,(H,28,30,31). The molecule has 0 aliphatic carbocycles. The average Bonchev–Trinajstić information content (AvgIpc) is 3.17. The van der Waals surface area contributed by atoms with Crippen molar-refractivity contribution in [2.45, 2.75) is 6.42 Å². The lowest BCUT2D eigenvalue weighted by Gasteiger charge is -2.09. The van der Waals surface area contributed by atoms with Crippen molar-refractivity contribution >= 4 is 22.8 Å². The van der Waals surface area contributed by atoms with Gasteiger partial charge in [-0.2, -0.15) is 4.98 Å². The summed E-state index contributed by atoms with van der Waals surface area (Å²) in [6, 6.07) is 26.0. The van der Waals surface area contributed by atoms with Crippen molar-refractivity contribution < 1.29 is 4.39 Å². The minimum Gasteiger partial charge on any atom is -0.383 e. The number of aromatic nitrogens is 4. The van der Waals surface area contributed by atoms with E-state index in [4.69, 9.17) is 10.7 Å². The zero-order valence-electron chi connectivity index (χ0n) is 17.2. The topological polar surface area (TPSA) is 81.7 Å². The molecule has 6 nitrogen and oxygen atoms in total. The van der Waals surface area contributed by atoms with E-state index in [9.17, 15) is 4.39 Å². The molecule has 0 saturated carbocycles. The molecule has 32 heavy (non-hydrogen) atoms. The van der Waals surface area contributed by atoms with Crippen molar-refractivity contribution in [1.29, 1.82) is 0 Å². The fourth-order valence-corrected chi connectivity index (χ4v) is 3.64. The van der Waals surface area contributed by atoms with Crippen molar-refractivity contribution in [3.05, 3.63) is 96.3 Å². The van der Waals surface area contributed by atoms with E-state index < -0.39 is 0 Å². The van der Waals surface area contributed by atoms with Crippen LogP contribution in [0.25, 0.3) is 28.0 Å². The molecule has 0 radical (unpaired) electrons. The van der Waals surface area contributed by atoms with Crippen LogP contribution in [-0.4, -0.2) is 26.3 Å². The number of halogens is 1. The van der Waals surface area contributed by atoms with Crippen molar-refractivity contribution in [3.8, 4) is 16.9 Å². The molecule has 7 heteroatoms. The Hall–Kier alpha value is -4.26. The van der Waals surface area contributed by atoms with Gasteiger partial charge in [-0.05, 0) is 48.4 Å². The number of rotatable bonds is 6. The average molecular weight is 424 g/mol. The van der Waals surface area contributed by atoms with Gasteiger partial charge in [0.1, 0.15) is 11.6 Å². The predicted molar refractivity (Wildman–Crippen MR) is 125 cm³/mol. The fourth-order valence-electron chi connectivity index (χ4n) is 3.64. The molecule has 0 atom stereocenters. The van der Waals surface area contributed by atoms with Gasteiger partial charge in [-0.25, -0.2) is 14.1 Å². The summed E-state index contributed by atoms with van der Waals surface area (Å²) >= 11 is 0. The van der Waals surface area contributed by atoms with E-state index in [0.29, 0.717) is 35.0 Å². The summed E-state index contributed by atoms with van der Waals surface area (Å²) < 4.78 is 15.2. The van der Waals surface area contributed by atoms with Gasteiger partial charge in [0.15, 0.2) is 5.65 Å². The second-order valence-corrected chi connectivity index (χ2v) is 7.40. The molecule has 2 aromatic heterocycles. The molecule has 3 aromatic carbocycles. The zero-order valence-corrected chi connectivity index (χ0v) is 17.2. The monoisotopic (exact) mass is 424 g/mol. The van der Waals surface area contributed by atoms with E-state index in [-0.39, 0.29) is 5.82 Å². The number of para-hydroxylation sites is 1. The third kappa shape index (κ3) is 3.88. The lowest BCUT2D eigenvalue weighted by atomic mass is 10.1. The first-order valence-electron chi connectivity index (χ1n) is 10.3. The molecule has 0 unspecified atom stereocenters. The lowest BCUT2D eigenvalue weighted by molar-refractivity contribution is 0.628. The van der Waals surface area contributed by atoms with Gasteiger partial charge in [-0.1, -0.05) is 48.5 Å². The van der Waals surface area contributed by atoms with Crippen molar-refractivity contribution in [2.24, 2.45) is 0 Å². The Morgan fingerprint density at radius 3 is 2.25 bits per heavy atom. The molecule has 5 rings (SSSR count). The van der Waals surface area contributed by atoms with Crippen LogP contribution in [0.5, 0.6) is 0 Å². The minimum atomic E-state index is -0.312. The van der Waals surface area contributed by atoms with Crippen molar-refractivity contribution in [3.63, 3.8) is 0 Å². The van der Waals surface area contributed by atoms with E-state index in [1.165, 1.54) is 17.7 Å². The minimum absolute atomic E-state index is 0.312. The number of hydrogen-bond donors (Lipinski definition) is 2.